The van der Waals surface area contributed by atoms with Crippen LogP contribution in [0.15, 0.2) is 0 Å². The molecule has 0 atom stereocenters. The van der Waals surface area contributed by atoms with Gasteiger partial charge in [0.05, 0.1) is 18.8 Å². The van der Waals surface area contributed by atoms with Crippen LogP contribution in [0.3, 0.4) is 0 Å². The number of nitrogens with zero attached hydrogens (tertiary/aromatic N) is 3. The molecular weight excluding hydrogens is 276 g/mol. The maximum Gasteiger partial charge on any atom is 0.360 e. The lowest BCUT2D eigenvalue weighted by atomic mass is 10.3. The Morgan fingerprint density at radius 3 is 2.81 bits per heavy atom. The molecule has 0 radical (unpaired) electrons. The van der Waals surface area contributed by atoms with Crippen LogP contribution >= 0.6 is 0 Å². The number of nitrogens with one attached hydrogen (secondary N) is 1. The first-order valence-electron chi connectivity index (χ1n) is 6.97. The van der Waals surface area contributed by atoms with Gasteiger partial charge in [-0.05, 0) is 19.8 Å². The van der Waals surface area contributed by atoms with Gasteiger partial charge in [-0.15, -0.1) is 5.10 Å². The molecule has 0 bridgehead atoms. The van der Waals surface area contributed by atoms with Crippen molar-refractivity contribution < 1.29 is 19.1 Å². The van der Waals surface area contributed by atoms with Crippen LogP contribution in [0.1, 0.15) is 35.4 Å². The van der Waals surface area contributed by atoms with Crippen LogP contribution in [-0.4, -0.2) is 53.2 Å². The molecular formula is C13H20N4O4. The van der Waals surface area contributed by atoms with E-state index in [9.17, 15) is 9.59 Å². The van der Waals surface area contributed by atoms with E-state index in [1.54, 1.807) is 11.6 Å². The Labute approximate surface area is 122 Å². The quantitative estimate of drug-likeness (QED) is 0.538. The number of aromatic nitrogens is 3. The summed E-state index contributed by atoms with van der Waals surface area (Å²) in [5.41, 5.74) is 0.769. The number of aryl methyl sites for hydroxylation is 1. The Morgan fingerprint density at radius 2 is 2.14 bits per heavy atom. The van der Waals surface area contributed by atoms with Crippen LogP contribution < -0.4 is 5.32 Å². The van der Waals surface area contributed by atoms with Crippen LogP contribution in [0.5, 0.6) is 0 Å². The second-order valence-electron chi connectivity index (χ2n) is 4.97. The second-order valence-corrected chi connectivity index (χ2v) is 4.97. The first kappa shape index (κ1) is 15.4. The van der Waals surface area contributed by atoms with E-state index in [1.165, 1.54) is 7.11 Å². The summed E-state index contributed by atoms with van der Waals surface area (Å²) in [6.07, 6.45) is 2.44. The lowest BCUT2D eigenvalue weighted by molar-refractivity contribution is -0.121. The lowest BCUT2D eigenvalue weighted by Gasteiger charge is -2.05. The Morgan fingerprint density at radius 1 is 1.38 bits per heavy atom. The van der Waals surface area contributed by atoms with E-state index in [-0.39, 0.29) is 18.2 Å². The van der Waals surface area contributed by atoms with Gasteiger partial charge in [0.1, 0.15) is 6.61 Å². The molecule has 1 aliphatic rings. The topological polar surface area (TPSA) is 95.3 Å². The molecule has 0 aliphatic heterocycles. The monoisotopic (exact) mass is 296 g/mol. The Hall–Kier alpha value is -1.96. The third-order valence-electron chi connectivity index (χ3n) is 3.19. The van der Waals surface area contributed by atoms with Crippen molar-refractivity contribution in [3.63, 3.8) is 0 Å². The van der Waals surface area contributed by atoms with E-state index in [4.69, 9.17) is 9.47 Å². The van der Waals surface area contributed by atoms with Crippen LogP contribution in [0.4, 0.5) is 0 Å². The summed E-state index contributed by atoms with van der Waals surface area (Å²) in [5.74, 6) is -0.533. The van der Waals surface area contributed by atoms with Gasteiger partial charge in [-0.3, -0.25) is 4.79 Å². The summed E-state index contributed by atoms with van der Waals surface area (Å²) in [5, 5.41) is 10.6. The fourth-order valence-corrected chi connectivity index (χ4v) is 1.78. The largest absolute Gasteiger partial charge is 0.458 e. The number of hydrogen-bond donors (Lipinski definition) is 1. The number of hydrogen-bond acceptors (Lipinski definition) is 6. The van der Waals surface area contributed by atoms with Gasteiger partial charge in [0.2, 0.25) is 5.91 Å². The maximum atomic E-state index is 11.8. The van der Waals surface area contributed by atoms with Crippen LogP contribution in [0.25, 0.3) is 0 Å². The summed E-state index contributed by atoms with van der Waals surface area (Å²) in [4.78, 5) is 23.4. The summed E-state index contributed by atoms with van der Waals surface area (Å²) < 4.78 is 11.3. The highest BCUT2D eigenvalue weighted by Crippen LogP contribution is 2.18. The van der Waals surface area contributed by atoms with Crippen molar-refractivity contribution in [3.05, 3.63) is 11.4 Å². The van der Waals surface area contributed by atoms with Gasteiger partial charge in [-0.25, -0.2) is 9.48 Å². The third-order valence-corrected chi connectivity index (χ3v) is 3.19. The maximum absolute atomic E-state index is 11.8. The highest BCUT2D eigenvalue weighted by molar-refractivity contribution is 5.88. The molecule has 1 heterocycles. The number of rotatable bonds is 8. The predicted molar refractivity (Wildman–Crippen MR) is 72.7 cm³/mol. The van der Waals surface area contributed by atoms with Gasteiger partial charge in [0.25, 0.3) is 0 Å². The molecule has 0 aromatic carbocycles. The molecule has 2 rings (SSSR count). The average molecular weight is 296 g/mol. The van der Waals surface area contributed by atoms with Crippen molar-refractivity contribution in [1.82, 2.24) is 20.3 Å². The summed E-state index contributed by atoms with van der Waals surface area (Å²) in [6, 6.07) is 0.348. The van der Waals surface area contributed by atoms with Crippen LogP contribution in [0, 0.1) is 6.92 Å². The summed E-state index contributed by atoms with van der Waals surface area (Å²) in [6.45, 7) is 2.63. The summed E-state index contributed by atoms with van der Waals surface area (Å²) in [7, 11) is 1.53. The number of ether oxygens (including phenoxy) is 2. The van der Waals surface area contributed by atoms with Gasteiger partial charge in [-0.2, -0.15) is 0 Å². The van der Waals surface area contributed by atoms with Crippen molar-refractivity contribution in [2.75, 3.05) is 20.3 Å². The molecule has 1 aromatic rings. The normalized spacial score (nSPS) is 14.0. The SMILES string of the molecule is COCCOC(=O)c1nnn(CCC(=O)NC2CC2)c1C. The molecule has 1 aliphatic carbocycles. The molecule has 8 nitrogen and oxygen atoms in total. The molecule has 1 fully saturated rings. The van der Waals surface area contributed by atoms with Gasteiger partial charge in [0.15, 0.2) is 5.69 Å². The highest BCUT2D eigenvalue weighted by Gasteiger charge is 2.23. The Balaban J connectivity index is 1.83. The molecule has 21 heavy (non-hydrogen) atoms. The number of carbonyl (C=O) groups is 2. The molecule has 1 aromatic heterocycles. The van der Waals surface area contributed by atoms with E-state index >= 15 is 0 Å². The molecule has 1 saturated carbocycles. The first-order valence-corrected chi connectivity index (χ1v) is 6.97. The minimum absolute atomic E-state index is 0.00313. The Kier molecular flexibility index (Phi) is 5.26. The minimum atomic E-state index is -0.529. The molecule has 0 saturated heterocycles. The zero-order chi connectivity index (χ0) is 15.2. The van der Waals surface area contributed by atoms with Gasteiger partial charge in [0, 0.05) is 19.6 Å². The average Bonchev–Trinajstić information content (AvgIpc) is 3.18. The van der Waals surface area contributed by atoms with Crippen molar-refractivity contribution in [2.45, 2.75) is 38.8 Å². The van der Waals surface area contributed by atoms with E-state index in [1.807, 2.05) is 0 Å². The minimum Gasteiger partial charge on any atom is -0.458 e. The predicted octanol–water partition coefficient (Wildman–Crippen LogP) is 0.0584. The zero-order valence-electron chi connectivity index (χ0n) is 12.3. The number of methoxy groups -OCH3 is 1. The Bertz CT molecular complexity index is 510. The van der Waals surface area contributed by atoms with E-state index < -0.39 is 5.97 Å². The van der Waals surface area contributed by atoms with Crippen molar-refractivity contribution >= 4 is 11.9 Å². The smallest absolute Gasteiger partial charge is 0.360 e. The van der Waals surface area contributed by atoms with Gasteiger partial charge in [-0.1, -0.05) is 5.21 Å². The summed E-state index contributed by atoms with van der Waals surface area (Å²) >= 11 is 0. The fourth-order valence-electron chi connectivity index (χ4n) is 1.78. The van der Waals surface area contributed by atoms with Crippen LogP contribution in [-0.2, 0) is 20.8 Å². The number of esters is 1. The van der Waals surface area contributed by atoms with Crippen molar-refractivity contribution in [1.29, 1.82) is 0 Å². The fraction of sp³-hybridized carbons (Fsp3) is 0.692. The van der Waals surface area contributed by atoms with E-state index in [0.717, 1.165) is 12.8 Å². The molecule has 0 spiro atoms. The third kappa shape index (κ3) is 4.52. The first-order chi connectivity index (χ1) is 10.1. The standard InChI is InChI=1S/C13H20N4O4/c1-9-12(13(19)21-8-7-20-2)15-16-17(9)6-5-11(18)14-10-3-4-10/h10H,3-8H2,1-2H3,(H,14,18). The molecule has 1 N–H and O–H groups in total. The molecule has 8 heteroatoms. The van der Waals surface area contributed by atoms with Gasteiger partial charge < -0.3 is 14.8 Å². The van der Waals surface area contributed by atoms with Crippen molar-refractivity contribution in [3.8, 4) is 0 Å². The van der Waals surface area contributed by atoms with Crippen LogP contribution in [0.2, 0.25) is 0 Å². The molecule has 0 unspecified atom stereocenters. The van der Waals surface area contributed by atoms with E-state index in [2.05, 4.69) is 15.6 Å². The van der Waals surface area contributed by atoms with Gasteiger partial charge >= 0.3 is 5.97 Å². The highest BCUT2D eigenvalue weighted by atomic mass is 16.6. The van der Waals surface area contributed by atoms with Crippen molar-refractivity contribution in [2.24, 2.45) is 0 Å². The lowest BCUT2D eigenvalue weighted by Crippen LogP contribution is -2.26. The molecule has 116 valence electrons. The van der Waals surface area contributed by atoms with E-state index in [0.29, 0.717) is 31.3 Å². The molecule has 1 amide bonds. The number of carbonyl (C=O) groups excluding carboxylic acids is 2. The number of amides is 1. The second kappa shape index (κ2) is 7.16. The zero-order valence-corrected chi connectivity index (χ0v) is 12.3.